The molecule has 0 aliphatic heterocycles. The Balaban J connectivity index is 3.17. The van der Waals surface area contributed by atoms with E-state index in [9.17, 15) is 14.9 Å². The predicted octanol–water partition coefficient (Wildman–Crippen LogP) is 1.95. The fourth-order valence-electron chi connectivity index (χ4n) is 1.46. The normalized spacial score (nSPS) is 10.9. The van der Waals surface area contributed by atoms with Crippen LogP contribution in [-0.2, 0) is 0 Å². The second-order valence-corrected chi connectivity index (χ2v) is 5.08. The first-order valence-corrected chi connectivity index (χ1v) is 5.95. The fraction of sp³-hybridized carbons (Fsp3) is 0.500. The minimum atomic E-state index is -0.611. The topological polar surface area (TPSA) is 97.2 Å². The molecule has 0 spiro atoms. The molecule has 1 rings (SSSR count). The van der Waals surface area contributed by atoms with Crippen molar-refractivity contribution in [2.45, 2.75) is 33.2 Å². The van der Waals surface area contributed by atoms with E-state index in [1.54, 1.807) is 0 Å². The van der Waals surface area contributed by atoms with Gasteiger partial charge >= 0.3 is 0 Å². The number of amides is 1. The molecule has 7 heteroatoms. The molecule has 0 aliphatic rings. The van der Waals surface area contributed by atoms with E-state index in [-0.39, 0.29) is 11.3 Å². The maximum atomic E-state index is 12.1. The highest BCUT2D eigenvalue weighted by Crippen LogP contribution is 2.21. The minimum absolute atomic E-state index is 0.00544. The number of hydrogen-bond acceptors (Lipinski definition) is 5. The molecule has 0 unspecified atom stereocenters. The zero-order valence-electron chi connectivity index (χ0n) is 11.5. The predicted molar refractivity (Wildman–Crippen MR) is 72.3 cm³/mol. The summed E-state index contributed by atoms with van der Waals surface area (Å²) in [4.78, 5) is 26.3. The van der Waals surface area contributed by atoms with Crippen molar-refractivity contribution in [2.24, 2.45) is 0 Å². The van der Waals surface area contributed by atoms with Crippen molar-refractivity contribution in [1.82, 2.24) is 10.3 Å². The molecule has 0 aromatic carbocycles. The number of hydrogen-bond donors (Lipinski definition) is 2. The summed E-state index contributed by atoms with van der Waals surface area (Å²) in [5.74, 6) is -0.0482. The molecule has 0 aliphatic carbocycles. The summed E-state index contributed by atoms with van der Waals surface area (Å²) in [5, 5.41) is 16.5. The van der Waals surface area contributed by atoms with Crippen molar-refractivity contribution >= 4 is 17.4 Å². The molecule has 1 aromatic rings. The zero-order valence-corrected chi connectivity index (χ0v) is 11.5. The van der Waals surface area contributed by atoms with Crippen LogP contribution in [0.15, 0.2) is 12.3 Å². The molecule has 0 radical (unpaired) electrons. The average molecular weight is 266 g/mol. The molecule has 19 heavy (non-hydrogen) atoms. The fourth-order valence-corrected chi connectivity index (χ4v) is 1.46. The number of nitrogens with one attached hydrogen (secondary N) is 2. The van der Waals surface area contributed by atoms with Gasteiger partial charge in [-0.25, -0.2) is 4.98 Å². The first-order valence-electron chi connectivity index (χ1n) is 5.95. The summed E-state index contributed by atoms with van der Waals surface area (Å²) in [6.07, 6.45) is 1.09. The summed E-state index contributed by atoms with van der Waals surface area (Å²) >= 11 is 0. The monoisotopic (exact) mass is 266 g/mol. The Morgan fingerprint density at radius 1 is 1.47 bits per heavy atom. The number of nitrogens with zero attached hydrogens (tertiary/aromatic N) is 2. The largest absolute Gasteiger partial charge is 0.370 e. The number of anilines is 1. The summed E-state index contributed by atoms with van der Waals surface area (Å²) in [6.45, 7) is 7.92. The minimum Gasteiger partial charge on any atom is -0.370 e. The Morgan fingerprint density at radius 2 is 2.11 bits per heavy atom. The van der Waals surface area contributed by atoms with Gasteiger partial charge in [-0.1, -0.05) is 0 Å². The molecular weight excluding hydrogens is 248 g/mol. The molecular formula is C12H18N4O3. The molecule has 104 valence electrons. The van der Waals surface area contributed by atoms with Crippen LogP contribution in [0.2, 0.25) is 0 Å². The highest BCUT2D eigenvalue weighted by Gasteiger charge is 2.24. The van der Waals surface area contributed by atoms with Crippen molar-refractivity contribution in [3.05, 3.63) is 27.9 Å². The molecule has 0 atom stereocenters. The lowest BCUT2D eigenvalue weighted by Gasteiger charge is -2.20. The summed E-state index contributed by atoms with van der Waals surface area (Å²) in [7, 11) is 0. The second kappa shape index (κ2) is 5.64. The summed E-state index contributed by atoms with van der Waals surface area (Å²) in [6, 6.07) is 1.39. The van der Waals surface area contributed by atoms with Gasteiger partial charge in [0.05, 0.1) is 4.92 Å². The van der Waals surface area contributed by atoms with Gasteiger partial charge in [0, 0.05) is 18.2 Å². The molecule has 0 bridgehead atoms. The van der Waals surface area contributed by atoms with E-state index in [0.29, 0.717) is 12.4 Å². The van der Waals surface area contributed by atoms with Gasteiger partial charge in [0.15, 0.2) is 0 Å². The van der Waals surface area contributed by atoms with Crippen LogP contribution in [-0.4, -0.2) is 27.9 Å². The van der Waals surface area contributed by atoms with Crippen molar-refractivity contribution in [3.63, 3.8) is 0 Å². The van der Waals surface area contributed by atoms with Crippen LogP contribution in [0, 0.1) is 10.1 Å². The number of rotatable bonds is 4. The number of carbonyl (C=O) groups is 1. The van der Waals surface area contributed by atoms with Crippen LogP contribution in [0.1, 0.15) is 38.1 Å². The van der Waals surface area contributed by atoms with Gasteiger partial charge in [-0.3, -0.25) is 14.9 Å². The van der Waals surface area contributed by atoms with Crippen molar-refractivity contribution < 1.29 is 9.72 Å². The molecule has 0 fully saturated rings. The standard InChI is InChI=1S/C12H18N4O3/c1-5-13-10-6-8(9(7-14-10)16(18)19)11(17)15-12(2,3)4/h6-7H,5H2,1-4H3,(H,13,14)(H,15,17). The quantitative estimate of drug-likeness (QED) is 0.641. The third-order valence-electron chi connectivity index (χ3n) is 2.17. The first kappa shape index (κ1) is 14.9. The number of nitro groups is 1. The highest BCUT2D eigenvalue weighted by atomic mass is 16.6. The number of aromatic nitrogens is 1. The van der Waals surface area contributed by atoms with Gasteiger partial charge < -0.3 is 10.6 Å². The Hall–Kier alpha value is -2.18. The average Bonchev–Trinajstić information content (AvgIpc) is 2.26. The first-order chi connectivity index (χ1) is 8.74. The zero-order chi connectivity index (χ0) is 14.6. The third-order valence-corrected chi connectivity index (χ3v) is 2.17. The lowest BCUT2D eigenvalue weighted by Crippen LogP contribution is -2.40. The van der Waals surface area contributed by atoms with E-state index in [4.69, 9.17) is 0 Å². The van der Waals surface area contributed by atoms with Gasteiger partial charge in [-0.2, -0.15) is 0 Å². The maximum Gasteiger partial charge on any atom is 0.300 e. The van der Waals surface area contributed by atoms with E-state index in [1.807, 2.05) is 27.7 Å². The lowest BCUT2D eigenvalue weighted by atomic mass is 10.1. The molecule has 7 nitrogen and oxygen atoms in total. The molecule has 1 amide bonds. The van der Waals surface area contributed by atoms with E-state index in [1.165, 1.54) is 6.07 Å². The van der Waals surface area contributed by atoms with Gasteiger partial charge in [-0.05, 0) is 27.7 Å². The summed E-state index contributed by atoms with van der Waals surface area (Å²) < 4.78 is 0. The van der Waals surface area contributed by atoms with E-state index in [2.05, 4.69) is 15.6 Å². The van der Waals surface area contributed by atoms with Gasteiger partial charge in [0.2, 0.25) is 0 Å². The maximum absolute atomic E-state index is 12.1. The van der Waals surface area contributed by atoms with Crippen molar-refractivity contribution in [3.8, 4) is 0 Å². The molecule has 1 aromatic heterocycles. The smallest absolute Gasteiger partial charge is 0.300 e. The lowest BCUT2D eigenvalue weighted by molar-refractivity contribution is -0.385. The van der Waals surface area contributed by atoms with Crippen LogP contribution in [0.4, 0.5) is 11.5 Å². The van der Waals surface area contributed by atoms with Crippen LogP contribution < -0.4 is 10.6 Å². The van der Waals surface area contributed by atoms with E-state index < -0.39 is 16.4 Å². The van der Waals surface area contributed by atoms with E-state index in [0.717, 1.165) is 6.20 Å². The van der Waals surface area contributed by atoms with Crippen LogP contribution >= 0.6 is 0 Å². The number of carbonyl (C=O) groups excluding carboxylic acids is 1. The highest BCUT2D eigenvalue weighted by molar-refractivity contribution is 5.99. The molecule has 1 heterocycles. The molecule has 0 saturated carbocycles. The van der Waals surface area contributed by atoms with Crippen LogP contribution in [0.3, 0.4) is 0 Å². The van der Waals surface area contributed by atoms with Crippen molar-refractivity contribution in [1.29, 1.82) is 0 Å². The molecule has 2 N–H and O–H groups in total. The Kier molecular flexibility index (Phi) is 4.42. The van der Waals surface area contributed by atoms with Crippen molar-refractivity contribution in [2.75, 3.05) is 11.9 Å². The van der Waals surface area contributed by atoms with Crippen LogP contribution in [0.25, 0.3) is 0 Å². The SMILES string of the molecule is CCNc1cc(C(=O)NC(C)(C)C)c([N+](=O)[O-])cn1. The third kappa shape index (κ3) is 4.20. The van der Waals surface area contributed by atoms with Gasteiger partial charge in [0.25, 0.3) is 11.6 Å². The Bertz CT molecular complexity index is 494. The summed E-state index contributed by atoms with van der Waals surface area (Å²) in [5.41, 5.74) is -0.763. The second-order valence-electron chi connectivity index (χ2n) is 5.08. The van der Waals surface area contributed by atoms with Gasteiger partial charge in [-0.15, -0.1) is 0 Å². The Labute approximate surface area is 111 Å². The van der Waals surface area contributed by atoms with Crippen LogP contribution in [0.5, 0.6) is 0 Å². The van der Waals surface area contributed by atoms with E-state index >= 15 is 0 Å². The Morgan fingerprint density at radius 3 is 2.58 bits per heavy atom. The molecule has 0 saturated heterocycles. The van der Waals surface area contributed by atoms with Gasteiger partial charge in [0.1, 0.15) is 17.6 Å². The number of pyridine rings is 1.